The molecule has 0 atom stereocenters. The smallest absolute Gasteiger partial charge is 0.270 e. The van der Waals surface area contributed by atoms with E-state index in [1.807, 2.05) is 26.0 Å². The number of nitrogens with one attached hydrogen (secondary N) is 1. The van der Waals surface area contributed by atoms with Gasteiger partial charge in [0.1, 0.15) is 10.7 Å². The Hall–Kier alpha value is -1.75. The Bertz CT molecular complexity index is 507. The summed E-state index contributed by atoms with van der Waals surface area (Å²) in [5.74, 6) is -0.133. The molecule has 2 aromatic rings. The van der Waals surface area contributed by atoms with Gasteiger partial charge in [-0.05, 0) is 26.0 Å². The zero-order valence-electron chi connectivity index (χ0n) is 9.68. The van der Waals surface area contributed by atoms with Crippen LogP contribution in [0.15, 0.2) is 29.9 Å². The maximum atomic E-state index is 11.7. The lowest BCUT2D eigenvalue weighted by atomic mass is 10.3. The molecule has 0 aromatic carbocycles. The maximum absolute atomic E-state index is 11.7. The zero-order valence-corrected chi connectivity index (χ0v) is 10.5. The molecule has 2 aromatic heterocycles. The van der Waals surface area contributed by atoms with Gasteiger partial charge in [0.25, 0.3) is 5.91 Å². The van der Waals surface area contributed by atoms with Gasteiger partial charge in [0, 0.05) is 29.4 Å². The fourth-order valence-electron chi connectivity index (χ4n) is 1.34. The van der Waals surface area contributed by atoms with Crippen LogP contribution in [-0.4, -0.2) is 21.9 Å². The lowest BCUT2D eigenvalue weighted by Crippen LogP contribution is -2.30. The Morgan fingerprint density at radius 2 is 2.29 bits per heavy atom. The molecular weight excluding hydrogens is 234 g/mol. The standard InChI is InChI=1S/C12H13N3OS/c1-8(2)14-11(16)10-7-17-12(15-10)9-4-3-5-13-6-9/h3-8H,1-2H3,(H,14,16). The predicted molar refractivity (Wildman–Crippen MR) is 67.9 cm³/mol. The number of aromatic nitrogens is 2. The first kappa shape index (κ1) is 11.7. The third-order valence-corrected chi connectivity index (χ3v) is 2.96. The fourth-order valence-corrected chi connectivity index (χ4v) is 2.13. The molecule has 1 amide bonds. The van der Waals surface area contributed by atoms with E-state index in [1.165, 1.54) is 11.3 Å². The number of carbonyl (C=O) groups is 1. The van der Waals surface area contributed by atoms with E-state index in [4.69, 9.17) is 0 Å². The minimum absolute atomic E-state index is 0.117. The van der Waals surface area contributed by atoms with Gasteiger partial charge >= 0.3 is 0 Å². The Morgan fingerprint density at radius 3 is 2.94 bits per heavy atom. The van der Waals surface area contributed by atoms with E-state index in [0.717, 1.165) is 10.6 Å². The van der Waals surface area contributed by atoms with E-state index >= 15 is 0 Å². The summed E-state index contributed by atoms with van der Waals surface area (Å²) in [6.07, 6.45) is 3.45. The number of carbonyl (C=O) groups excluding carboxylic acids is 1. The van der Waals surface area contributed by atoms with Crippen LogP contribution in [0.3, 0.4) is 0 Å². The number of thiazole rings is 1. The minimum Gasteiger partial charge on any atom is -0.349 e. The molecule has 17 heavy (non-hydrogen) atoms. The molecule has 4 nitrogen and oxygen atoms in total. The first-order valence-corrected chi connectivity index (χ1v) is 6.21. The highest BCUT2D eigenvalue weighted by molar-refractivity contribution is 7.13. The molecule has 0 fully saturated rings. The largest absolute Gasteiger partial charge is 0.349 e. The normalized spacial score (nSPS) is 10.5. The lowest BCUT2D eigenvalue weighted by molar-refractivity contribution is 0.0939. The van der Waals surface area contributed by atoms with E-state index in [-0.39, 0.29) is 11.9 Å². The highest BCUT2D eigenvalue weighted by Crippen LogP contribution is 2.22. The van der Waals surface area contributed by atoms with Crippen LogP contribution in [0.4, 0.5) is 0 Å². The van der Waals surface area contributed by atoms with Crippen molar-refractivity contribution in [3.05, 3.63) is 35.6 Å². The molecule has 2 rings (SSSR count). The second-order valence-electron chi connectivity index (χ2n) is 3.91. The molecule has 0 saturated carbocycles. The summed E-state index contributed by atoms with van der Waals surface area (Å²) in [5.41, 5.74) is 1.39. The van der Waals surface area contributed by atoms with Crippen molar-refractivity contribution in [2.24, 2.45) is 0 Å². The SMILES string of the molecule is CC(C)NC(=O)c1csc(-c2cccnc2)n1. The van der Waals surface area contributed by atoms with Crippen LogP contribution in [0.5, 0.6) is 0 Å². The van der Waals surface area contributed by atoms with Crippen molar-refractivity contribution in [1.82, 2.24) is 15.3 Å². The highest BCUT2D eigenvalue weighted by atomic mass is 32.1. The summed E-state index contributed by atoms with van der Waals surface area (Å²) >= 11 is 1.45. The molecule has 0 aliphatic carbocycles. The third-order valence-electron chi connectivity index (χ3n) is 2.07. The summed E-state index contributed by atoms with van der Waals surface area (Å²) in [5, 5.41) is 5.39. The number of nitrogens with zero attached hydrogens (tertiary/aromatic N) is 2. The van der Waals surface area contributed by atoms with Crippen LogP contribution in [0, 0.1) is 0 Å². The van der Waals surface area contributed by atoms with Gasteiger partial charge in [-0.3, -0.25) is 9.78 Å². The van der Waals surface area contributed by atoms with Gasteiger partial charge in [0.2, 0.25) is 0 Å². The van der Waals surface area contributed by atoms with Crippen LogP contribution in [0.25, 0.3) is 10.6 Å². The molecule has 88 valence electrons. The minimum atomic E-state index is -0.133. The van der Waals surface area contributed by atoms with Crippen molar-refractivity contribution in [3.63, 3.8) is 0 Å². The fraction of sp³-hybridized carbons (Fsp3) is 0.250. The maximum Gasteiger partial charge on any atom is 0.270 e. The number of amides is 1. The Kier molecular flexibility index (Phi) is 3.49. The Labute approximate surface area is 104 Å². The van der Waals surface area contributed by atoms with Gasteiger partial charge in [-0.1, -0.05) is 0 Å². The number of hydrogen-bond donors (Lipinski definition) is 1. The van der Waals surface area contributed by atoms with Crippen molar-refractivity contribution < 1.29 is 4.79 Å². The molecule has 0 unspecified atom stereocenters. The average molecular weight is 247 g/mol. The number of rotatable bonds is 3. The van der Waals surface area contributed by atoms with Crippen molar-refractivity contribution in [2.45, 2.75) is 19.9 Å². The van der Waals surface area contributed by atoms with E-state index in [1.54, 1.807) is 17.8 Å². The van der Waals surface area contributed by atoms with Crippen LogP contribution in [0.2, 0.25) is 0 Å². The van der Waals surface area contributed by atoms with Gasteiger partial charge in [0.05, 0.1) is 0 Å². The molecule has 0 saturated heterocycles. The Morgan fingerprint density at radius 1 is 1.47 bits per heavy atom. The summed E-state index contributed by atoms with van der Waals surface area (Å²) in [6.45, 7) is 3.85. The van der Waals surface area contributed by atoms with E-state index in [2.05, 4.69) is 15.3 Å². The van der Waals surface area contributed by atoms with Crippen molar-refractivity contribution >= 4 is 17.2 Å². The van der Waals surface area contributed by atoms with Gasteiger partial charge in [-0.25, -0.2) is 4.98 Å². The summed E-state index contributed by atoms with van der Waals surface area (Å²) in [7, 11) is 0. The number of pyridine rings is 1. The summed E-state index contributed by atoms with van der Waals surface area (Å²) in [4.78, 5) is 20.0. The quantitative estimate of drug-likeness (QED) is 0.905. The highest BCUT2D eigenvalue weighted by Gasteiger charge is 2.12. The third kappa shape index (κ3) is 2.88. The first-order chi connectivity index (χ1) is 8.16. The van der Waals surface area contributed by atoms with Crippen molar-refractivity contribution in [2.75, 3.05) is 0 Å². The van der Waals surface area contributed by atoms with Gasteiger partial charge in [-0.15, -0.1) is 11.3 Å². The van der Waals surface area contributed by atoms with Gasteiger partial charge in [0.15, 0.2) is 0 Å². The average Bonchev–Trinajstić information content (AvgIpc) is 2.78. The monoisotopic (exact) mass is 247 g/mol. The molecule has 2 heterocycles. The molecule has 0 aliphatic heterocycles. The molecule has 0 radical (unpaired) electrons. The first-order valence-electron chi connectivity index (χ1n) is 5.33. The summed E-state index contributed by atoms with van der Waals surface area (Å²) in [6, 6.07) is 3.90. The molecular formula is C12H13N3OS. The van der Waals surface area contributed by atoms with E-state index in [0.29, 0.717) is 5.69 Å². The molecule has 0 aliphatic rings. The van der Waals surface area contributed by atoms with Gasteiger partial charge in [-0.2, -0.15) is 0 Å². The molecule has 0 spiro atoms. The van der Waals surface area contributed by atoms with E-state index < -0.39 is 0 Å². The predicted octanol–water partition coefficient (Wildman–Crippen LogP) is 2.34. The van der Waals surface area contributed by atoms with Crippen LogP contribution < -0.4 is 5.32 Å². The second kappa shape index (κ2) is 5.05. The lowest BCUT2D eigenvalue weighted by Gasteiger charge is -2.05. The Balaban J connectivity index is 2.19. The van der Waals surface area contributed by atoms with Crippen molar-refractivity contribution in [3.8, 4) is 10.6 Å². The zero-order chi connectivity index (χ0) is 12.3. The molecule has 1 N–H and O–H groups in total. The van der Waals surface area contributed by atoms with Crippen LogP contribution in [-0.2, 0) is 0 Å². The van der Waals surface area contributed by atoms with Crippen LogP contribution in [0.1, 0.15) is 24.3 Å². The molecule has 0 bridgehead atoms. The topological polar surface area (TPSA) is 54.9 Å². The summed E-state index contributed by atoms with van der Waals surface area (Å²) < 4.78 is 0. The second-order valence-corrected chi connectivity index (χ2v) is 4.77. The number of hydrogen-bond acceptors (Lipinski definition) is 4. The van der Waals surface area contributed by atoms with Crippen molar-refractivity contribution in [1.29, 1.82) is 0 Å². The van der Waals surface area contributed by atoms with Crippen LogP contribution >= 0.6 is 11.3 Å². The van der Waals surface area contributed by atoms with Gasteiger partial charge < -0.3 is 5.32 Å². The molecule has 5 heteroatoms. The van der Waals surface area contributed by atoms with E-state index in [9.17, 15) is 4.79 Å².